The van der Waals surface area contributed by atoms with Crippen LogP contribution >= 0.6 is 11.6 Å². The highest BCUT2D eigenvalue weighted by atomic mass is 35.5. The largest absolute Gasteiger partial charge is 0.342 e. The fourth-order valence-corrected chi connectivity index (χ4v) is 4.02. The fraction of sp³-hybridized carbons (Fsp3) is 0.474. The molecule has 24 heavy (non-hydrogen) atoms. The average Bonchev–Trinajstić information content (AvgIpc) is 3.05. The number of amides is 1. The van der Waals surface area contributed by atoms with Gasteiger partial charge in [0.25, 0.3) is 0 Å². The van der Waals surface area contributed by atoms with Crippen LogP contribution in [-0.2, 0) is 18.3 Å². The first kappa shape index (κ1) is 15.7. The number of aryl methyl sites for hydroxylation is 1. The van der Waals surface area contributed by atoms with Crippen LogP contribution < -0.4 is 0 Å². The summed E-state index contributed by atoms with van der Waals surface area (Å²) >= 11 is 5.94. The molecule has 0 bridgehead atoms. The molecule has 1 saturated carbocycles. The number of halogens is 1. The zero-order valence-corrected chi connectivity index (χ0v) is 14.6. The van der Waals surface area contributed by atoms with E-state index in [0.717, 1.165) is 37.4 Å². The highest BCUT2D eigenvalue weighted by Crippen LogP contribution is 2.49. The number of nitrogens with zero attached hydrogens (tertiary/aromatic N) is 3. The van der Waals surface area contributed by atoms with Crippen LogP contribution in [0.2, 0.25) is 5.02 Å². The van der Waals surface area contributed by atoms with Gasteiger partial charge in [-0.2, -0.15) is 5.10 Å². The molecule has 2 aromatic rings. The minimum atomic E-state index is 0.170. The Hall–Kier alpha value is -1.81. The van der Waals surface area contributed by atoms with Gasteiger partial charge >= 0.3 is 0 Å². The van der Waals surface area contributed by atoms with Crippen LogP contribution in [0.5, 0.6) is 0 Å². The fourth-order valence-electron chi connectivity index (χ4n) is 3.89. The Morgan fingerprint density at radius 2 is 2.12 bits per heavy atom. The molecule has 1 amide bonds. The van der Waals surface area contributed by atoms with E-state index in [4.69, 9.17) is 11.6 Å². The van der Waals surface area contributed by atoms with E-state index in [-0.39, 0.29) is 5.92 Å². The molecule has 4 rings (SSSR count). The molecule has 2 fully saturated rings. The standard InChI is InChI=1S/C19H22ClN3O/c1-22-11-14(10-21-22)8-13-6-7-23(12-13)19(24)18-9-17(18)15-2-4-16(20)5-3-15/h2-5,10-11,13,17-18H,6-9,12H2,1H3/t13-,17+,18-/m0/s1. The van der Waals surface area contributed by atoms with E-state index < -0.39 is 0 Å². The van der Waals surface area contributed by atoms with E-state index in [9.17, 15) is 4.79 Å². The topological polar surface area (TPSA) is 38.1 Å². The minimum absolute atomic E-state index is 0.170. The number of benzene rings is 1. The van der Waals surface area contributed by atoms with Crippen molar-refractivity contribution < 1.29 is 4.79 Å². The summed E-state index contributed by atoms with van der Waals surface area (Å²) in [5.41, 5.74) is 2.51. The van der Waals surface area contributed by atoms with E-state index in [1.54, 1.807) is 0 Å². The van der Waals surface area contributed by atoms with Crippen molar-refractivity contribution in [3.63, 3.8) is 0 Å². The van der Waals surface area contributed by atoms with Crippen molar-refractivity contribution in [2.45, 2.75) is 25.2 Å². The van der Waals surface area contributed by atoms with Gasteiger partial charge in [0.05, 0.1) is 6.20 Å². The summed E-state index contributed by atoms with van der Waals surface area (Å²) in [6, 6.07) is 7.93. The van der Waals surface area contributed by atoms with E-state index in [1.165, 1.54) is 11.1 Å². The van der Waals surface area contributed by atoms with E-state index in [0.29, 0.717) is 17.7 Å². The third-order valence-electron chi connectivity index (χ3n) is 5.29. The highest BCUT2D eigenvalue weighted by Gasteiger charge is 2.46. The van der Waals surface area contributed by atoms with Gasteiger partial charge in [-0.15, -0.1) is 0 Å². The van der Waals surface area contributed by atoms with Crippen molar-refractivity contribution in [1.82, 2.24) is 14.7 Å². The first-order chi connectivity index (χ1) is 11.6. The molecule has 5 heteroatoms. The molecule has 1 aliphatic carbocycles. The van der Waals surface area contributed by atoms with Crippen LogP contribution in [0.15, 0.2) is 36.7 Å². The summed E-state index contributed by atoms with van der Waals surface area (Å²) in [7, 11) is 1.94. The Morgan fingerprint density at radius 3 is 2.83 bits per heavy atom. The summed E-state index contributed by atoms with van der Waals surface area (Å²) in [5, 5.41) is 4.98. The molecule has 1 saturated heterocycles. The predicted octanol–water partition coefficient (Wildman–Crippen LogP) is 3.27. The third-order valence-corrected chi connectivity index (χ3v) is 5.54. The second-order valence-corrected chi connectivity index (χ2v) is 7.60. The molecule has 1 aromatic carbocycles. The van der Waals surface area contributed by atoms with Crippen LogP contribution in [-0.4, -0.2) is 33.7 Å². The predicted molar refractivity (Wildman–Crippen MR) is 93.9 cm³/mol. The van der Waals surface area contributed by atoms with Gasteiger partial charge in [0, 0.05) is 37.3 Å². The van der Waals surface area contributed by atoms with Gasteiger partial charge in [-0.05, 0) is 54.4 Å². The number of carbonyl (C=O) groups excluding carboxylic acids is 1. The number of rotatable bonds is 4. The van der Waals surface area contributed by atoms with E-state index >= 15 is 0 Å². The molecule has 3 atom stereocenters. The van der Waals surface area contributed by atoms with Crippen LogP contribution in [0.4, 0.5) is 0 Å². The van der Waals surface area contributed by atoms with Gasteiger partial charge in [0.15, 0.2) is 0 Å². The molecule has 0 radical (unpaired) electrons. The lowest BCUT2D eigenvalue weighted by Crippen LogP contribution is -2.30. The maximum atomic E-state index is 12.7. The summed E-state index contributed by atoms with van der Waals surface area (Å²) < 4.78 is 1.84. The summed E-state index contributed by atoms with van der Waals surface area (Å²) in [6.07, 6.45) is 7.09. The zero-order valence-electron chi connectivity index (χ0n) is 13.9. The number of aromatic nitrogens is 2. The molecule has 0 N–H and O–H groups in total. The Morgan fingerprint density at radius 1 is 1.33 bits per heavy atom. The first-order valence-corrected chi connectivity index (χ1v) is 8.99. The van der Waals surface area contributed by atoms with E-state index in [1.807, 2.05) is 30.1 Å². The van der Waals surface area contributed by atoms with Gasteiger partial charge in [0.1, 0.15) is 0 Å². The molecule has 0 spiro atoms. The maximum Gasteiger partial charge on any atom is 0.226 e. The van der Waals surface area contributed by atoms with E-state index in [2.05, 4.69) is 28.3 Å². The number of carbonyl (C=O) groups is 1. The lowest BCUT2D eigenvalue weighted by Gasteiger charge is -2.16. The van der Waals surface area contributed by atoms with Crippen molar-refractivity contribution >= 4 is 17.5 Å². The average molecular weight is 344 g/mol. The van der Waals surface area contributed by atoms with Crippen LogP contribution in [0, 0.1) is 11.8 Å². The SMILES string of the molecule is Cn1cc(C[C@@H]2CCN(C(=O)[C@H]3C[C@@H]3c3ccc(Cl)cc3)C2)cn1. The van der Waals surface area contributed by atoms with Crippen molar-refractivity contribution in [2.24, 2.45) is 18.9 Å². The third kappa shape index (κ3) is 3.20. The molecule has 2 aliphatic rings. The van der Waals surface area contributed by atoms with Crippen LogP contribution in [0.1, 0.15) is 29.9 Å². The lowest BCUT2D eigenvalue weighted by molar-refractivity contribution is -0.131. The van der Waals surface area contributed by atoms with Crippen molar-refractivity contribution in [3.05, 3.63) is 52.8 Å². The first-order valence-electron chi connectivity index (χ1n) is 8.62. The molecule has 0 unspecified atom stereocenters. The number of likely N-dealkylation sites (tertiary alicyclic amines) is 1. The van der Waals surface area contributed by atoms with Gasteiger partial charge in [-0.3, -0.25) is 9.48 Å². The van der Waals surface area contributed by atoms with Crippen molar-refractivity contribution in [3.8, 4) is 0 Å². The van der Waals surface area contributed by atoms with Crippen molar-refractivity contribution in [1.29, 1.82) is 0 Å². The zero-order chi connectivity index (χ0) is 16.7. The Bertz CT molecular complexity index is 739. The molecular formula is C19H22ClN3O. The number of hydrogen-bond donors (Lipinski definition) is 0. The highest BCUT2D eigenvalue weighted by molar-refractivity contribution is 6.30. The smallest absolute Gasteiger partial charge is 0.226 e. The molecule has 1 aliphatic heterocycles. The summed E-state index contributed by atoms with van der Waals surface area (Å²) in [6.45, 7) is 1.78. The Balaban J connectivity index is 1.32. The normalized spacial score (nSPS) is 25.9. The van der Waals surface area contributed by atoms with Gasteiger partial charge < -0.3 is 4.90 Å². The minimum Gasteiger partial charge on any atom is -0.342 e. The number of hydrogen-bond acceptors (Lipinski definition) is 2. The molecule has 126 valence electrons. The second kappa shape index (κ2) is 6.25. The quantitative estimate of drug-likeness (QED) is 0.854. The van der Waals surface area contributed by atoms with Crippen molar-refractivity contribution in [2.75, 3.05) is 13.1 Å². The van der Waals surface area contributed by atoms with Gasteiger partial charge in [-0.1, -0.05) is 23.7 Å². The molecule has 1 aromatic heterocycles. The Labute approximate surface area is 147 Å². The van der Waals surface area contributed by atoms with Crippen LogP contribution in [0.3, 0.4) is 0 Å². The monoisotopic (exact) mass is 343 g/mol. The van der Waals surface area contributed by atoms with Gasteiger partial charge in [-0.25, -0.2) is 0 Å². The molecular weight excluding hydrogens is 322 g/mol. The second-order valence-electron chi connectivity index (χ2n) is 7.17. The maximum absolute atomic E-state index is 12.7. The lowest BCUT2D eigenvalue weighted by atomic mass is 10.0. The van der Waals surface area contributed by atoms with Gasteiger partial charge in [0.2, 0.25) is 5.91 Å². The molecule has 4 nitrogen and oxygen atoms in total. The molecule has 2 heterocycles. The summed E-state index contributed by atoms with van der Waals surface area (Å²) in [5.74, 6) is 1.45. The summed E-state index contributed by atoms with van der Waals surface area (Å²) in [4.78, 5) is 14.8. The Kier molecular flexibility index (Phi) is 4.09. The van der Waals surface area contributed by atoms with Crippen LogP contribution in [0.25, 0.3) is 0 Å².